The first-order valence-corrected chi connectivity index (χ1v) is 11.9. The molecule has 10 heteroatoms. The molecule has 1 aromatic rings. The fourth-order valence-corrected chi connectivity index (χ4v) is 6.73. The van der Waals surface area contributed by atoms with Gasteiger partial charge in [-0.3, -0.25) is 0 Å². The van der Waals surface area contributed by atoms with Crippen molar-refractivity contribution in [1.29, 1.82) is 0 Å². The molecule has 1 saturated carbocycles. The second-order valence-electron chi connectivity index (χ2n) is 8.75. The van der Waals surface area contributed by atoms with Crippen LogP contribution in [0.3, 0.4) is 0 Å². The lowest BCUT2D eigenvalue weighted by atomic mass is 10.00. The number of alkyl halides is 3. The first-order chi connectivity index (χ1) is 14.1. The van der Waals surface area contributed by atoms with E-state index in [2.05, 4.69) is 10.3 Å². The number of rotatable bonds is 5. The van der Waals surface area contributed by atoms with Gasteiger partial charge in [0.2, 0.25) is 10.0 Å². The van der Waals surface area contributed by atoms with E-state index in [-0.39, 0.29) is 22.4 Å². The molecule has 0 amide bonds. The van der Waals surface area contributed by atoms with Gasteiger partial charge >= 0.3 is 6.18 Å². The lowest BCUT2D eigenvalue weighted by Crippen LogP contribution is -2.36. The minimum Gasteiger partial charge on any atom is -0.381 e. The van der Waals surface area contributed by atoms with Gasteiger partial charge in [0.1, 0.15) is 10.6 Å². The van der Waals surface area contributed by atoms with Gasteiger partial charge in [0.25, 0.3) is 0 Å². The Morgan fingerprint density at radius 3 is 2.37 bits per heavy atom. The Morgan fingerprint density at radius 2 is 1.80 bits per heavy atom. The van der Waals surface area contributed by atoms with Crippen molar-refractivity contribution in [1.82, 2.24) is 14.6 Å². The van der Waals surface area contributed by atoms with Crippen LogP contribution in [0.4, 0.5) is 13.2 Å². The molecular formula is C20H28F3N3O3S. The quantitative estimate of drug-likeness (QED) is 0.752. The Hall–Kier alpha value is -1.23. The molecule has 4 rings (SSSR count). The Labute approximate surface area is 175 Å². The molecule has 0 aromatic carbocycles. The molecular weight excluding hydrogens is 419 g/mol. The van der Waals surface area contributed by atoms with Crippen molar-refractivity contribution >= 4 is 10.0 Å². The highest BCUT2D eigenvalue weighted by atomic mass is 32.2. The maximum absolute atomic E-state index is 13.0. The third-order valence-electron chi connectivity index (χ3n) is 6.70. The SMILES string of the molecule is Cc1nc(C(F)(F)F)ccc1S(=O)(=O)N1C[C@H]2CC(NCC3CCOCC3)C[C@H]2C1. The fraction of sp³-hybridized carbons (Fsp3) is 0.750. The van der Waals surface area contributed by atoms with Gasteiger partial charge in [0.15, 0.2) is 0 Å². The van der Waals surface area contributed by atoms with E-state index in [9.17, 15) is 21.6 Å². The number of nitrogens with one attached hydrogen (secondary N) is 1. The van der Waals surface area contributed by atoms with Gasteiger partial charge in [0, 0.05) is 32.3 Å². The number of pyridine rings is 1. The topological polar surface area (TPSA) is 71.5 Å². The van der Waals surface area contributed by atoms with Crippen LogP contribution in [0.15, 0.2) is 17.0 Å². The predicted octanol–water partition coefficient (Wildman–Crippen LogP) is 2.82. The lowest BCUT2D eigenvalue weighted by Gasteiger charge is -2.25. The van der Waals surface area contributed by atoms with Crippen molar-refractivity contribution < 1.29 is 26.3 Å². The third-order valence-corrected chi connectivity index (χ3v) is 8.66. The Morgan fingerprint density at radius 1 is 1.17 bits per heavy atom. The van der Waals surface area contributed by atoms with Crippen LogP contribution in [0, 0.1) is 24.7 Å². The first-order valence-electron chi connectivity index (χ1n) is 10.5. The van der Waals surface area contributed by atoms with E-state index in [1.165, 1.54) is 11.2 Å². The number of sulfonamides is 1. The van der Waals surface area contributed by atoms with Crippen LogP contribution in [0.5, 0.6) is 0 Å². The number of aromatic nitrogens is 1. The van der Waals surface area contributed by atoms with Gasteiger partial charge in [0.05, 0.1) is 5.69 Å². The van der Waals surface area contributed by atoms with Crippen molar-refractivity contribution in [2.24, 2.45) is 17.8 Å². The summed E-state index contributed by atoms with van der Waals surface area (Å²) in [7, 11) is -3.85. The largest absolute Gasteiger partial charge is 0.433 e. The van der Waals surface area contributed by atoms with Crippen LogP contribution in [0.2, 0.25) is 0 Å². The average molecular weight is 448 g/mol. The van der Waals surface area contributed by atoms with E-state index in [4.69, 9.17) is 4.74 Å². The summed E-state index contributed by atoms with van der Waals surface area (Å²) in [5.74, 6) is 1.22. The van der Waals surface area contributed by atoms with Gasteiger partial charge in [-0.05, 0) is 69.0 Å². The summed E-state index contributed by atoms with van der Waals surface area (Å²) in [5, 5.41) is 3.65. The average Bonchev–Trinajstić information content (AvgIpc) is 3.25. The molecule has 0 spiro atoms. The van der Waals surface area contributed by atoms with Gasteiger partial charge in [-0.15, -0.1) is 0 Å². The Bertz CT molecular complexity index is 858. The second-order valence-corrected chi connectivity index (χ2v) is 10.7. The van der Waals surface area contributed by atoms with Crippen molar-refractivity contribution in [2.45, 2.75) is 49.7 Å². The van der Waals surface area contributed by atoms with E-state index in [0.717, 1.165) is 57.6 Å². The summed E-state index contributed by atoms with van der Waals surface area (Å²) < 4.78 is 71.4. The highest BCUT2D eigenvalue weighted by Gasteiger charge is 2.45. The van der Waals surface area contributed by atoms with Crippen LogP contribution < -0.4 is 5.32 Å². The minimum absolute atomic E-state index is 0.113. The molecule has 3 atom stereocenters. The van der Waals surface area contributed by atoms with E-state index in [1.807, 2.05) is 0 Å². The highest BCUT2D eigenvalue weighted by Crippen LogP contribution is 2.40. The van der Waals surface area contributed by atoms with Crippen LogP contribution >= 0.6 is 0 Å². The zero-order valence-electron chi connectivity index (χ0n) is 17.0. The monoisotopic (exact) mass is 447 g/mol. The molecule has 168 valence electrons. The van der Waals surface area contributed by atoms with E-state index in [0.29, 0.717) is 25.0 Å². The Balaban J connectivity index is 1.36. The summed E-state index contributed by atoms with van der Waals surface area (Å²) in [5.41, 5.74) is -1.19. The van der Waals surface area contributed by atoms with Crippen LogP contribution in [0.1, 0.15) is 37.1 Å². The minimum atomic E-state index is -4.59. The smallest absolute Gasteiger partial charge is 0.381 e. The summed E-state index contributed by atoms with van der Waals surface area (Å²) in [6.45, 7) is 4.79. The number of hydrogen-bond acceptors (Lipinski definition) is 5. The summed E-state index contributed by atoms with van der Waals surface area (Å²) in [6, 6.07) is 2.18. The number of halogens is 3. The fourth-order valence-electron chi connectivity index (χ4n) is 5.02. The van der Waals surface area contributed by atoms with Crippen molar-refractivity contribution in [3.05, 3.63) is 23.5 Å². The van der Waals surface area contributed by atoms with E-state index in [1.54, 1.807) is 0 Å². The van der Waals surface area contributed by atoms with Crippen LogP contribution in [-0.2, 0) is 20.9 Å². The van der Waals surface area contributed by atoms with Gasteiger partial charge < -0.3 is 10.1 Å². The highest BCUT2D eigenvalue weighted by molar-refractivity contribution is 7.89. The predicted molar refractivity (Wildman–Crippen MR) is 104 cm³/mol. The molecule has 1 aromatic heterocycles. The van der Waals surface area contributed by atoms with E-state index >= 15 is 0 Å². The molecule has 2 aliphatic heterocycles. The molecule has 3 fully saturated rings. The molecule has 0 radical (unpaired) electrons. The molecule has 2 saturated heterocycles. The summed E-state index contributed by atoms with van der Waals surface area (Å²) >= 11 is 0. The Kier molecular flexibility index (Phi) is 6.13. The number of nitrogens with zero attached hydrogens (tertiary/aromatic N) is 2. The molecule has 1 unspecified atom stereocenters. The van der Waals surface area contributed by atoms with Crippen molar-refractivity contribution in [2.75, 3.05) is 32.8 Å². The maximum atomic E-state index is 13.0. The van der Waals surface area contributed by atoms with E-state index < -0.39 is 21.9 Å². The molecule has 0 bridgehead atoms. The molecule has 1 N–H and O–H groups in total. The zero-order chi connectivity index (χ0) is 21.5. The number of ether oxygens (including phenoxy) is 1. The molecule has 30 heavy (non-hydrogen) atoms. The number of hydrogen-bond donors (Lipinski definition) is 1. The number of aryl methyl sites for hydroxylation is 1. The molecule has 1 aliphatic carbocycles. The number of fused-ring (bicyclic) bond motifs is 1. The maximum Gasteiger partial charge on any atom is 0.433 e. The van der Waals surface area contributed by atoms with Crippen molar-refractivity contribution in [3.63, 3.8) is 0 Å². The van der Waals surface area contributed by atoms with Crippen LogP contribution in [0.25, 0.3) is 0 Å². The zero-order valence-corrected chi connectivity index (χ0v) is 17.8. The second kappa shape index (κ2) is 8.37. The van der Waals surface area contributed by atoms with Crippen molar-refractivity contribution in [3.8, 4) is 0 Å². The van der Waals surface area contributed by atoms with Gasteiger partial charge in [-0.2, -0.15) is 17.5 Å². The third kappa shape index (κ3) is 4.51. The first kappa shape index (κ1) is 22.0. The van der Waals surface area contributed by atoms with Crippen LogP contribution in [-0.4, -0.2) is 56.6 Å². The normalized spacial score (nSPS) is 28.7. The lowest BCUT2D eigenvalue weighted by molar-refractivity contribution is -0.141. The molecule has 6 nitrogen and oxygen atoms in total. The molecule has 3 heterocycles. The van der Waals surface area contributed by atoms with Gasteiger partial charge in [-0.1, -0.05) is 0 Å². The summed E-state index contributed by atoms with van der Waals surface area (Å²) in [6.07, 6.45) is -0.559. The summed E-state index contributed by atoms with van der Waals surface area (Å²) in [4.78, 5) is 3.35. The molecule has 3 aliphatic rings. The van der Waals surface area contributed by atoms with Gasteiger partial charge in [-0.25, -0.2) is 13.4 Å². The standard InChI is InChI=1S/C20H28F3N3O3S/c1-13-18(2-3-19(25-13)20(21,22)23)30(27,28)26-11-15-8-17(9-16(15)12-26)24-10-14-4-6-29-7-5-14/h2-3,14-17,24H,4-12H2,1H3/t15-,16+,17?.